The topological polar surface area (TPSA) is 12.0 Å². The molecule has 1 aromatic rings. The van der Waals surface area contributed by atoms with Crippen LogP contribution >= 0.6 is 11.8 Å². The Morgan fingerprint density at radius 2 is 2.27 bits per heavy atom. The van der Waals surface area contributed by atoms with Crippen LogP contribution in [0.25, 0.3) is 0 Å². The molecule has 1 aliphatic heterocycles. The molecule has 0 saturated carbocycles. The molecule has 0 spiro atoms. The molecule has 1 N–H and O–H groups in total. The van der Waals surface area contributed by atoms with Crippen molar-refractivity contribution in [3.8, 4) is 0 Å². The third-order valence-corrected chi connectivity index (χ3v) is 4.24. The van der Waals surface area contributed by atoms with Crippen molar-refractivity contribution in [2.24, 2.45) is 5.92 Å². The summed E-state index contributed by atoms with van der Waals surface area (Å²) in [6, 6.07) is 5.02. The van der Waals surface area contributed by atoms with Crippen LogP contribution in [0, 0.1) is 18.7 Å². The normalized spacial score (nSPS) is 26.6. The van der Waals surface area contributed by atoms with Crippen LogP contribution in [0.2, 0.25) is 0 Å². The predicted molar refractivity (Wildman–Crippen MR) is 63.5 cm³/mol. The summed E-state index contributed by atoms with van der Waals surface area (Å²) >= 11 is 1.87. The lowest BCUT2D eigenvalue weighted by molar-refractivity contribution is 0.526. The van der Waals surface area contributed by atoms with E-state index < -0.39 is 0 Å². The van der Waals surface area contributed by atoms with Gasteiger partial charge in [-0.2, -0.15) is 0 Å². The molecule has 3 heteroatoms. The minimum Gasteiger partial charge on any atom is -0.301 e. The van der Waals surface area contributed by atoms with Gasteiger partial charge in [-0.3, -0.25) is 0 Å². The fourth-order valence-electron chi connectivity index (χ4n) is 1.78. The Morgan fingerprint density at radius 1 is 1.47 bits per heavy atom. The zero-order chi connectivity index (χ0) is 10.8. The molecule has 2 unspecified atom stereocenters. The van der Waals surface area contributed by atoms with Gasteiger partial charge in [0.2, 0.25) is 0 Å². The first-order valence-electron chi connectivity index (χ1n) is 5.28. The highest BCUT2D eigenvalue weighted by molar-refractivity contribution is 7.99. The first-order chi connectivity index (χ1) is 7.16. The second-order valence-corrected chi connectivity index (χ2v) is 5.37. The lowest BCUT2D eigenvalue weighted by Gasteiger charge is -2.28. The van der Waals surface area contributed by atoms with E-state index in [9.17, 15) is 4.39 Å². The number of aryl methyl sites for hydroxylation is 1. The van der Waals surface area contributed by atoms with Crippen LogP contribution in [0.5, 0.6) is 0 Å². The minimum atomic E-state index is -0.142. The fraction of sp³-hybridized carbons (Fsp3) is 0.500. The molecule has 2 rings (SSSR count). The average molecular weight is 225 g/mol. The summed E-state index contributed by atoms with van der Waals surface area (Å²) in [4.78, 5) is 0. The molecule has 1 saturated heterocycles. The largest absolute Gasteiger partial charge is 0.301 e. The van der Waals surface area contributed by atoms with Crippen molar-refractivity contribution < 1.29 is 4.39 Å². The average Bonchev–Trinajstić information content (AvgIpc) is 2.23. The van der Waals surface area contributed by atoms with Crippen LogP contribution in [0.15, 0.2) is 18.2 Å². The van der Waals surface area contributed by atoms with Gasteiger partial charge in [0.25, 0.3) is 0 Å². The quantitative estimate of drug-likeness (QED) is 0.788. The Labute approximate surface area is 94.5 Å². The van der Waals surface area contributed by atoms with E-state index in [1.807, 2.05) is 24.8 Å². The van der Waals surface area contributed by atoms with E-state index in [0.717, 1.165) is 23.4 Å². The molecule has 15 heavy (non-hydrogen) atoms. The minimum absolute atomic E-state index is 0.142. The zero-order valence-electron chi connectivity index (χ0n) is 9.09. The van der Waals surface area contributed by atoms with Crippen molar-refractivity contribution >= 4 is 11.8 Å². The van der Waals surface area contributed by atoms with Crippen LogP contribution < -0.4 is 5.32 Å². The summed E-state index contributed by atoms with van der Waals surface area (Å²) in [7, 11) is 0. The molecule has 0 radical (unpaired) electrons. The lowest BCUT2D eigenvalue weighted by atomic mass is 10.1. The Hall–Kier alpha value is -0.540. The highest BCUT2D eigenvalue weighted by atomic mass is 32.2. The van der Waals surface area contributed by atoms with Crippen molar-refractivity contribution in [2.75, 3.05) is 12.3 Å². The predicted octanol–water partition coefficient (Wildman–Crippen LogP) is 3.11. The second-order valence-electron chi connectivity index (χ2n) is 4.23. The first-order valence-corrected chi connectivity index (χ1v) is 6.32. The standard InChI is InChI=1S/C12H16FNS/c1-8-6-14-12(15-7-8)11-5-10(13)4-3-9(11)2/h3-5,8,12,14H,6-7H2,1-2H3. The fourth-order valence-corrected chi connectivity index (χ4v) is 3.07. The van der Waals surface area contributed by atoms with Crippen LogP contribution in [-0.4, -0.2) is 12.3 Å². The van der Waals surface area contributed by atoms with Crippen LogP contribution in [0.4, 0.5) is 4.39 Å². The third-order valence-electron chi connectivity index (χ3n) is 2.72. The molecule has 0 aromatic heterocycles. The van der Waals surface area contributed by atoms with E-state index in [4.69, 9.17) is 0 Å². The number of hydrogen-bond donors (Lipinski definition) is 1. The molecule has 1 aliphatic rings. The summed E-state index contributed by atoms with van der Waals surface area (Å²) in [6.45, 7) is 5.29. The van der Waals surface area contributed by atoms with Gasteiger partial charge in [0, 0.05) is 0 Å². The van der Waals surface area contributed by atoms with Gasteiger partial charge in [0.1, 0.15) is 5.82 Å². The van der Waals surface area contributed by atoms with Gasteiger partial charge in [0.05, 0.1) is 5.37 Å². The maximum Gasteiger partial charge on any atom is 0.123 e. The smallest absolute Gasteiger partial charge is 0.123 e. The highest BCUT2D eigenvalue weighted by Crippen LogP contribution is 2.33. The number of benzene rings is 1. The molecule has 82 valence electrons. The summed E-state index contributed by atoms with van der Waals surface area (Å²) in [5.41, 5.74) is 2.25. The van der Waals surface area contributed by atoms with Gasteiger partial charge in [0.15, 0.2) is 0 Å². The molecule has 0 aliphatic carbocycles. The molecule has 1 aromatic carbocycles. The molecule has 1 fully saturated rings. The Morgan fingerprint density at radius 3 is 2.93 bits per heavy atom. The Kier molecular flexibility index (Phi) is 3.32. The summed E-state index contributed by atoms with van der Waals surface area (Å²) in [6.07, 6.45) is 0. The van der Waals surface area contributed by atoms with E-state index in [-0.39, 0.29) is 11.2 Å². The van der Waals surface area contributed by atoms with Gasteiger partial charge in [-0.05, 0) is 48.4 Å². The summed E-state index contributed by atoms with van der Waals surface area (Å²) in [5.74, 6) is 1.71. The third kappa shape index (κ3) is 2.52. The highest BCUT2D eigenvalue weighted by Gasteiger charge is 2.20. The van der Waals surface area contributed by atoms with Crippen LogP contribution in [0.1, 0.15) is 23.4 Å². The van der Waals surface area contributed by atoms with Crippen molar-refractivity contribution in [2.45, 2.75) is 19.2 Å². The van der Waals surface area contributed by atoms with E-state index in [2.05, 4.69) is 12.2 Å². The van der Waals surface area contributed by atoms with E-state index in [1.165, 1.54) is 6.07 Å². The summed E-state index contributed by atoms with van der Waals surface area (Å²) < 4.78 is 13.1. The SMILES string of the molecule is Cc1ccc(F)cc1C1NCC(C)CS1. The molecule has 0 amide bonds. The molecular weight excluding hydrogens is 209 g/mol. The van der Waals surface area contributed by atoms with E-state index >= 15 is 0 Å². The van der Waals surface area contributed by atoms with Gasteiger partial charge >= 0.3 is 0 Å². The Balaban J connectivity index is 2.18. The van der Waals surface area contributed by atoms with Crippen LogP contribution in [0.3, 0.4) is 0 Å². The number of rotatable bonds is 1. The lowest BCUT2D eigenvalue weighted by Crippen LogP contribution is -2.31. The second kappa shape index (κ2) is 4.54. The van der Waals surface area contributed by atoms with E-state index in [1.54, 1.807) is 6.07 Å². The van der Waals surface area contributed by atoms with Gasteiger partial charge in [-0.25, -0.2) is 4.39 Å². The molecule has 2 atom stereocenters. The number of nitrogens with one attached hydrogen (secondary N) is 1. The molecule has 1 heterocycles. The maximum absolute atomic E-state index is 13.1. The van der Waals surface area contributed by atoms with Gasteiger partial charge < -0.3 is 5.32 Å². The number of halogens is 1. The first kappa shape index (κ1) is 11.0. The maximum atomic E-state index is 13.1. The number of thioether (sulfide) groups is 1. The van der Waals surface area contributed by atoms with Crippen molar-refractivity contribution in [1.82, 2.24) is 5.32 Å². The summed E-state index contributed by atoms with van der Waals surface area (Å²) in [5, 5.41) is 3.71. The number of hydrogen-bond acceptors (Lipinski definition) is 2. The molecule has 0 bridgehead atoms. The van der Waals surface area contributed by atoms with Crippen molar-refractivity contribution in [3.63, 3.8) is 0 Å². The van der Waals surface area contributed by atoms with Crippen LogP contribution in [-0.2, 0) is 0 Å². The zero-order valence-corrected chi connectivity index (χ0v) is 9.90. The molecular formula is C12H16FNS. The van der Waals surface area contributed by atoms with E-state index in [0.29, 0.717) is 5.92 Å². The van der Waals surface area contributed by atoms with Gasteiger partial charge in [-0.1, -0.05) is 13.0 Å². The molecule has 1 nitrogen and oxygen atoms in total. The van der Waals surface area contributed by atoms with Gasteiger partial charge in [-0.15, -0.1) is 11.8 Å². The van der Waals surface area contributed by atoms with Crippen molar-refractivity contribution in [3.05, 3.63) is 35.1 Å². The van der Waals surface area contributed by atoms with Crippen molar-refractivity contribution in [1.29, 1.82) is 0 Å². The monoisotopic (exact) mass is 225 g/mol. The Bertz CT molecular complexity index is 345.